The number of benzene rings is 1. The molecule has 1 atom stereocenters. The summed E-state index contributed by atoms with van der Waals surface area (Å²) in [4.78, 5) is 4.84. The first-order valence-corrected chi connectivity index (χ1v) is 12.0. The molecule has 2 heterocycles. The van der Waals surface area contributed by atoms with Crippen LogP contribution in [0.2, 0.25) is 0 Å². The molecule has 2 aliphatic carbocycles. The van der Waals surface area contributed by atoms with Gasteiger partial charge >= 0.3 is 0 Å². The Bertz CT molecular complexity index is 905. The number of nitrogens with zero attached hydrogens (tertiary/aromatic N) is 1. The van der Waals surface area contributed by atoms with Gasteiger partial charge in [-0.05, 0) is 78.3 Å². The van der Waals surface area contributed by atoms with Gasteiger partial charge in [0.1, 0.15) is 0 Å². The van der Waals surface area contributed by atoms with Crippen molar-refractivity contribution in [2.24, 2.45) is 0 Å². The summed E-state index contributed by atoms with van der Waals surface area (Å²) in [6.45, 7) is 0. The average molecular weight is 373 g/mol. The number of rotatable bonds is 3. The van der Waals surface area contributed by atoms with Gasteiger partial charge in [-0.2, -0.15) is 0 Å². The summed E-state index contributed by atoms with van der Waals surface area (Å²) in [7, 11) is -0.420. The van der Waals surface area contributed by atoms with Gasteiger partial charge in [0.2, 0.25) is 0 Å². The molecule has 1 saturated carbocycles. The Morgan fingerprint density at radius 2 is 1.48 bits per heavy atom. The van der Waals surface area contributed by atoms with Crippen LogP contribution in [-0.4, -0.2) is 4.98 Å². The quantitative estimate of drug-likeness (QED) is 0.459. The maximum atomic E-state index is 4.84. The third-order valence-corrected chi connectivity index (χ3v) is 9.32. The van der Waals surface area contributed by atoms with Gasteiger partial charge in [0.15, 0.2) is 0 Å². The predicted octanol–water partition coefficient (Wildman–Crippen LogP) is 7.65. The summed E-state index contributed by atoms with van der Waals surface area (Å²) in [5.41, 5.74) is 4.66. The minimum Gasteiger partial charge on any atom is -0.256 e. The molecule has 1 aromatic carbocycles. The first-order chi connectivity index (χ1) is 13.4. The highest BCUT2D eigenvalue weighted by molar-refractivity contribution is 7.61. The van der Waals surface area contributed by atoms with Crippen molar-refractivity contribution in [2.45, 2.75) is 63.7 Å². The third-order valence-electron chi connectivity index (χ3n) is 6.44. The van der Waals surface area contributed by atoms with Crippen molar-refractivity contribution < 1.29 is 0 Å². The minimum absolute atomic E-state index is 0.420. The van der Waals surface area contributed by atoms with Crippen LogP contribution in [0.15, 0.2) is 54.7 Å². The van der Waals surface area contributed by atoms with Gasteiger partial charge in [-0.15, -0.1) is 0 Å². The SMILES string of the molecule is c1ccc(-p2c(-c3ccccn3)c3c(c2C2CCCCC2)CCCC3)cc1. The molecule has 0 N–H and O–H groups in total. The van der Waals surface area contributed by atoms with Gasteiger partial charge in [0, 0.05) is 11.5 Å². The van der Waals surface area contributed by atoms with E-state index in [0.717, 1.165) is 5.92 Å². The Hall–Kier alpha value is -1.85. The highest BCUT2D eigenvalue weighted by atomic mass is 31.1. The lowest BCUT2D eigenvalue weighted by Crippen LogP contribution is -2.08. The number of fused-ring (bicyclic) bond motifs is 1. The predicted molar refractivity (Wildman–Crippen MR) is 116 cm³/mol. The molecule has 27 heavy (non-hydrogen) atoms. The van der Waals surface area contributed by atoms with Gasteiger partial charge in [-0.3, -0.25) is 4.98 Å². The molecule has 0 radical (unpaired) electrons. The first kappa shape index (κ1) is 17.3. The fraction of sp³-hybridized carbons (Fsp3) is 0.400. The number of aromatic nitrogens is 1. The van der Waals surface area contributed by atoms with E-state index in [1.165, 1.54) is 68.8 Å². The van der Waals surface area contributed by atoms with E-state index < -0.39 is 7.53 Å². The summed E-state index contributed by atoms with van der Waals surface area (Å²) in [5, 5.41) is 4.96. The fourth-order valence-corrected chi connectivity index (χ4v) is 8.53. The Labute approximate surface area is 163 Å². The highest BCUT2D eigenvalue weighted by Crippen LogP contribution is 2.61. The van der Waals surface area contributed by atoms with Crippen molar-refractivity contribution in [1.82, 2.24) is 4.98 Å². The number of hydrogen-bond acceptors (Lipinski definition) is 1. The normalized spacial score (nSPS) is 18.3. The van der Waals surface area contributed by atoms with Crippen molar-refractivity contribution in [3.05, 3.63) is 71.1 Å². The Morgan fingerprint density at radius 1 is 0.741 bits per heavy atom. The Kier molecular flexibility index (Phi) is 4.89. The van der Waals surface area contributed by atoms with Gasteiger partial charge < -0.3 is 0 Å². The van der Waals surface area contributed by atoms with E-state index in [1.807, 2.05) is 17.6 Å². The monoisotopic (exact) mass is 373 g/mol. The molecule has 1 fully saturated rings. The van der Waals surface area contributed by atoms with Crippen molar-refractivity contribution in [3.63, 3.8) is 0 Å². The first-order valence-electron chi connectivity index (χ1n) is 10.7. The molecule has 1 unspecified atom stereocenters. The third kappa shape index (κ3) is 3.17. The molecule has 0 spiro atoms. The average Bonchev–Trinajstić information content (AvgIpc) is 3.11. The Balaban J connectivity index is 1.80. The van der Waals surface area contributed by atoms with Crippen molar-refractivity contribution in [2.75, 3.05) is 0 Å². The summed E-state index contributed by atoms with van der Waals surface area (Å²) in [5.74, 6) is 0.800. The molecule has 2 aliphatic rings. The van der Waals surface area contributed by atoms with Crippen LogP contribution in [0.25, 0.3) is 16.3 Å². The van der Waals surface area contributed by atoms with E-state index in [2.05, 4.69) is 42.5 Å². The minimum atomic E-state index is -0.420. The lowest BCUT2D eigenvalue weighted by molar-refractivity contribution is 0.445. The smallest absolute Gasteiger partial charge is 0.0747 e. The van der Waals surface area contributed by atoms with Gasteiger partial charge in [0.05, 0.1) is 5.69 Å². The standard InChI is InChI=1S/C25H28NP/c1-3-11-19(12-4-1)24-21-15-7-8-16-22(21)25(23-17-9-10-18-26-23)27(24)20-13-5-2-6-14-20/h2,5-6,9-10,13-14,17-19H,1,3-4,7-8,11-12,15-16H2. The van der Waals surface area contributed by atoms with Crippen LogP contribution in [0.1, 0.15) is 67.3 Å². The summed E-state index contributed by atoms with van der Waals surface area (Å²) < 4.78 is 0. The van der Waals surface area contributed by atoms with E-state index in [0.29, 0.717) is 0 Å². The molecule has 0 bridgehead atoms. The number of pyridine rings is 1. The van der Waals surface area contributed by atoms with Crippen molar-refractivity contribution >= 4 is 7.53 Å². The van der Waals surface area contributed by atoms with Crippen molar-refractivity contribution in [1.29, 1.82) is 0 Å². The molecule has 0 aliphatic heterocycles. The largest absolute Gasteiger partial charge is 0.256 e. The maximum absolute atomic E-state index is 4.84. The highest BCUT2D eigenvalue weighted by Gasteiger charge is 2.31. The molecule has 2 aromatic heterocycles. The zero-order valence-corrected chi connectivity index (χ0v) is 16.9. The van der Waals surface area contributed by atoms with Crippen LogP contribution < -0.4 is 0 Å². The van der Waals surface area contributed by atoms with E-state index >= 15 is 0 Å². The van der Waals surface area contributed by atoms with E-state index in [1.54, 1.807) is 16.4 Å². The fourth-order valence-electron chi connectivity index (χ4n) is 5.26. The molecular formula is C25H28NP. The van der Waals surface area contributed by atoms with Crippen LogP contribution in [0, 0.1) is 0 Å². The summed E-state index contributed by atoms with van der Waals surface area (Å²) in [6, 6.07) is 17.8. The van der Waals surface area contributed by atoms with Crippen LogP contribution in [0.5, 0.6) is 0 Å². The van der Waals surface area contributed by atoms with E-state index in [9.17, 15) is 0 Å². The zero-order chi connectivity index (χ0) is 18.1. The lowest BCUT2D eigenvalue weighted by atomic mass is 9.83. The lowest BCUT2D eigenvalue weighted by Gasteiger charge is -2.26. The molecule has 0 amide bonds. The van der Waals surface area contributed by atoms with Crippen LogP contribution in [0.4, 0.5) is 0 Å². The molecule has 138 valence electrons. The van der Waals surface area contributed by atoms with Crippen molar-refractivity contribution in [3.8, 4) is 16.3 Å². The van der Waals surface area contributed by atoms with Crippen LogP contribution >= 0.6 is 7.53 Å². The topological polar surface area (TPSA) is 12.9 Å². The summed E-state index contributed by atoms with van der Waals surface area (Å²) >= 11 is 0. The van der Waals surface area contributed by atoms with E-state index in [4.69, 9.17) is 4.98 Å². The second-order valence-electron chi connectivity index (χ2n) is 8.12. The molecule has 5 rings (SSSR count). The second-order valence-corrected chi connectivity index (χ2v) is 10.2. The molecule has 1 nitrogen and oxygen atoms in total. The van der Waals surface area contributed by atoms with Crippen LogP contribution in [-0.2, 0) is 12.8 Å². The summed E-state index contributed by atoms with van der Waals surface area (Å²) in [6.07, 6.45) is 14.3. The molecule has 2 heteroatoms. The van der Waals surface area contributed by atoms with Gasteiger partial charge in [0.25, 0.3) is 0 Å². The zero-order valence-electron chi connectivity index (χ0n) is 16.0. The second kappa shape index (κ2) is 7.64. The maximum Gasteiger partial charge on any atom is 0.0747 e. The Morgan fingerprint density at radius 3 is 2.22 bits per heavy atom. The van der Waals surface area contributed by atoms with Gasteiger partial charge in [-0.1, -0.05) is 63.2 Å². The van der Waals surface area contributed by atoms with Gasteiger partial charge in [-0.25, -0.2) is 0 Å². The number of hydrogen-bond donors (Lipinski definition) is 0. The molecule has 0 saturated heterocycles. The van der Waals surface area contributed by atoms with Crippen LogP contribution in [0.3, 0.4) is 0 Å². The molecular weight excluding hydrogens is 345 g/mol. The van der Waals surface area contributed by atoms with E-state index in [-0.39, 0.29) is 0 Å². The molecule has 3 aromatic rings.